The number of hydrogen-bond donors (Lipinski definition) is 1. The summed E-state index contributed by atoms with van der Waals surface area (Å²) in [5.74, 6) is 0.536. The van der Waals surface area contributed by atoms with E-state index in [0.717, 1.165) is 44.0 Å². The molecule has 0 radical (unpaired) electrons. The number of rotatable bonds is 4. The molecular weight excluding hydrogens is 265 g/mol. The Morgan fingerprint density at radius 2 is 1.76 bits per heavy atom. The van der Waals surface area contributed by atoms with Gasteiger partial charge in [0.25, 0.3) is 0 Å². The molecule has 1 aromatic carbocycles. The summed E-state index contributed by atoms with van der Waals surface area (Å²) in [4.78, 5) is 4.85. The summed E-state index contributed by atoms with van der Waals surface area (Å²) in [6.07, 6.45) is 0. The fraction of sp³-hybridized carbons (Fsp3) is 0.647. The van der Waals surface area contributed by atoms with Crippen molar-refractivity contribution in [2.45, 2.75) is 33.7 Å². The number of halogens is 1. The van der Waals surface area contributed by atoms with E-state index in [2.05, 4.69) is 23.6 Å². The van der Waals surface area contributed by atoms with Crippen LogP contribution in [0.25, 0.3) is 0 Å². The maximum atomic E-state index is 13.8. The van der Waals surface area contributed by atoms with Gasteiger partial charge in [-0.25, -0.2) is 4.39 Å². The maximum absolute atomic E-state index is 13.8. The molecule has 1 heterocycles. The minimum absolute atomic E-state index is 0.149. The SMILES string of the molecule is Cc1cc(N2CCN(CC(C)C)CC2)c([C@H](C)N)cc1F. The van der Waals surface area contributed by atoms with E-state index in [4.69, 9.17) is 5.73 Å². The van der Waals surface area contributed by atoms with E-state index in [1.165, 1.54) is 0 Å². The summed E-state index contributed by atoms with van der Waals surface area (Å²) in [6, 6.07) is 3.41. The minimum atomic E-state index is -0.163. The van der Waals surface area contributed by atoms with Gasteiger partial charge in [0, 0.05) is 44.5 Å². The second-order valence-electron chi connectivity index (χ2n) is 6.63. The molecule has 0 aliphatic carbocycles. The first-order valence-corrected chi connectivity index (χ1v) is 7.91. The molecule has 2 N–H and O–H groups in total. The van der Waals surface area contributed by atoms with Gasteiger partial charge in [0.15, 0.2) is 0 Å². The molecule has 1 aromatic rings. The van der Waals surface area contributed by atoms with Crippen molar-refractivity contribution < 1.29 is 4.39 Å². The standard InChI is InChI=1S/C17H28FN3/c1-12(2)11-20-5-7-21(8-6-20)17-9-13(3)16(18)10-15(17)14(4)19/h9-10,12,14H,5-8,11,19H2,1-4H3/t14-/m0/s1. The fourth-order valence-electron chi connectivity index (χ4n) is 3.01. The molecular formula is C17H28FN3. The number of hydrogen-bond acceptors (Lipinski definition) is 3. The van der Waals surface area contributed by atoms with Crippen LogP contribution in [-0.2, 0) is 0 Å². The Labute approximate surface area is 127 Å². The van der Waals surface area contributed by atoms with Crippen LogP contribution >= 0.6 is 0 Å². The normalized spacial score (nSPS) is 18.3. The third-order valence-electron chi connectivity index (χ3n) is 4.13. The van der Waals surface area contributed by atoms with Gasteiger partial charge in [-0.2, -0.15) is 0 Å². The van der Waals surface area contributed by atoms with Crippen LogP contribution in [-0.4, -0.2) is 37.6 Å². The monoisotopic (exact) mass is 293 g/mol. The smallest absolute Gasteiger partial charge is 0.126 e. The van der Waals surface area contributed by atoms with Crippen molar-refractivity contribution >= 4 is 5.69 Å². The van der Waals surface area contributed by atoms with Gasteiger partial charge in [0.2, 0.25) is 0 Å². The molecule has 1 aliphatic heterocycles. The predicted octanol–water partition coefficient (Wildman–Crippen LogP) is 2.93. The van der Waals surface area contributed by atoms with Crippen LogP contribution in [0.3, 0.4) is 0 Å². The second-order valence-corrected chi connectivity index (χ2v) is 6.63. The van der Waals surface area contributed by atoms with Crippen LogP contribution in [0.1, 0.15) is 37.9 Å². The summed E-state index contributed by atoms with van der Waals surface area (Å²) in [5, 5.41) is 0. The Hall–Kier alpha value is -1.13. The molecule has 1 atom stereocenters. The van der Waals surface area contributed by atoms with Gasteiger partial charge >= 0.3 is 0 Å². The van der Waals surface area contributed by atoms with Crippen LogP contribution in [0.2, 0.25) is 0 Å². The lowest BCUT2D eigenvalue weighted by atomic mass is 10.0. The number of nitrogens with two attached hydrogens (primary N) is 1. The van der Waals surface area contributed by atoms with E-state index in [1.807, 2.05) is 19.9 Å². The molecule has 21 heavy (non-hydrogen) atoms. The van der Waals surface area contributed by atoms with Crippen LogP contribution in [0.4, 0.5) is 10.1 Å². The Morgan fingerprint density at radius 1 is 1.14 bits per heavy atom. The van der Waals surface area contributed by atoms with Crippen molar-refractivity contribution in [2.24, 2.45) is 11.7 Å². The lowest BCUT2D eigenvalue weighted by Gasteiger charge is -2.38. The lowest BCUT2D eigenvalue weighted by Crippen LogP contribution is -2.47. The fourth-order valence-corrected chi connectivity index (χ4v) is 3.01. The van der Waals surface area contributed by atoms with Crippen LogP contribution < -0.4 is 10.6 Å². The summed E-state index contributed by atoms with van der Waals surface area (Å²) < 4.78 is 13.8. The molecule has 118 valence electrons. The molecule has 2 rings (SSSR count). The Kier molecular flexibility index (Phi) is 5.22. The molecule has 3 nitrogen and oxygen atoms in total. The maximum Gasteiger partial charge on any atom is 0.126 e. The van der Waals surface area contributed by atoms with Crippen molar-refractivity contribution in [1.82, 2.24) is 4.90 Å². The van der Waals surface area contributed by atoms with Gasteiger partial charge in [-0.15, -0.1) is 0 Å². The number of nitrogens with zero attached hydrogens (tertiary/aromatic N) is 2. The summed E-state index contributed by atoms with van der Waals surface area (Å²) >= 11 is 0. The molecule has 1 fully saturated rings. The first kappa shape index (κ1) is 16.2. The van der Waals surface area contributed by atoms with Gasteiger partial charge < -0.3 is 10.6 Å². The molecule has 0 spiro atoms. The largest absolute Gasteiger partial charge is 0.369 e. The van der Waals surface area contributed by atoms with Gasteiger partial charge in [-0.1, -0.05) is 13.8 Å². The highest BCUT2D eigenvalue weighted by molar-refractivity contribution is 5.57. The zero-order chi connectivity index (χ0) is 15.6. The number of anilines is 1. The minimum Gasteiger partial charge on any atom is -0.369 e. The van der Waals surface area contributed by atoms with E-state index in [9.17, 15) is 4.39 Å². The Morgan fingerprint density at radius 3 is 2.29 bits per heavy atom. The van der Waals surface area contributed by atoms with Crippen molar-refractivity contribution in [3.8, 4) is 0 Å². The molecule has 1 aliphatic rings. The van der Waals surface area contributed by atoms with E-state index in [-0.39, 0.29) is 11.9 Å². The lowest BCUT2D eigenvalue weighted by molar-refractivity contribution is 0.231. The quantitative estimate of drug-likeness (QED) is 0.926. The average Bonchev–Trinajstić information content (AvgIpc) is 2.41. The molecule has 0 amide bonds. The third kappa shape index (κ3) is 3.95. The third-order valence-corrected chi connectivity index (χ3v) is 4.13. The zero-order valence-corrected chi connectivity index (χ0v) is 13.7. The highest BCUT2D eigenvalue weighted by Crippen LogP contribution is 2.29. The zero-order valence-electron chi connectivity index (χ0n) is 13.7. The first-order chi connectivity index (χ1) is 9.88. The topological polar surface area (TPSA) is 32.5 Å². The number of piperazine rings is 1. The molecule has 0 bridgehead atoms. The van der Waals surface area contributed by atoms with E-state index in [0.29, 0.717) is 11.5 Å². The van der Waals surface area contributed by atoms with Gasteiger partial charge in [0.05, 0.1) is 0 Å². The van der Waals surface area contributed by atoms with Gasteiger partial charge in [-0.3, -0.25) is 4.90 Å². The Balaban J connectivity index is 2.14. The van der Waals surface area contributed by atoms with Crippen molar-refractivity contribution in [3.05, 3.63) is 29.1 Å². The summed E-state index contributed by atoms with van der Waals surface area (Å²) in [6.45, 7) is 13.5. The van der Waals surface area contributed by atoms with Crippen LogP contribution in [0, 0.1) is 18.7 Å². The molecule has 4 heteroatoms. The Bertz CT molecular complexity index is 477. The molecule has 0 aromatic heterocycles. The van der Waals surface area contributed by atoms with E-state index in [1.54, 1.807) is 6.07 Å². The van der Waals surface area contributed by atoms with Crippen LogP contribution in [0.5, 0.6) is 0 Å². The number of benzene rings is 1. The molecule has 0 saturated carbocycles. The van der Waals surface area contributed by atoms with Gasteiger partial charge in [0.1, 0.15) is 5.82 Å². The summed E-state index contributed by atoms with van der Waals surface area (Å²) in [5.41, 5.74) is 8.74. The van der Waals surface area contributed by atoms with E-state index >= 15 is 0 Å². The predicted molar refractivity (Wildman–Crippen MR) is 87.2 cm³/mol. The molecule has 0 unspecified atom stereocenters. The average molecular weight is 293 g/mol. The van der Waals surface area contributed by atoms with Crippen molar-refractivity contribution in [3.63, 3.8) is 0 Å². The van der Waals surface area contributed by atoms with E-state index < -0.39 is 0 Å². The van der Waals surface area contributed by atoms with Gasteiger partial charge in [-0.05, 0) is 43.0 Å². The second kappa shape index (κ2) is 6.75. The van der Waals surface area contributed by atoms with Crippen molar-refractivity contribution in [1.29, 1.82) is 0 Å². The molecule has 1 saturated heterocycles. The van der Waals surface area contributed by atoms with Crippen LogP contribution in [0.15, 0.2) is 12.1 Å². The first-order valence-electron chi connectivity index (χ1n) is 7.91. The highest BCUT2D eigenvalue weighted by Gasteiger charge is 2.21. The van der Waals surface area contributed by atoms with Crippen molar-refractivity contribution in [2.75, 3.05) is 37.6 Å². The summed E-state index contributed by atoms with van der Waals surface area (Å²) in [7, 11) is 0. The highest BCUT2D eigenvalue weighted by atomic mass is 19.1. The number of aryl methyl sites for hydroxylation is 1.